The number of aromatic nitrogens is 2. The number of amides is 2. The van der Waals surface area contributed by atoms with Gasteiger partial charge >= 0.3 is 16.2 Å². The Bertz CT molecular complexity index is 1140. The molecular weight excluding hydrogens is 458 g/mol. The molecule has 0 bridgehead atoms. The van der Waals surface area contributed by atoms with Crippen LogP contribution in [0, 0.1) is 0 Å². The minimum atomic E-state index is -4.20. The molecule has 0 unspecified atom stereocenters. The van der Waals surface area contributed by atoms with Crippen molar-refractivity contribution in [1.82, 2.24) is 14.5 Å². The van der Waals surface area contributed by atoms with Crippen LogP contribution in [0.1, 0.15) is 47.9 Å². The third-order valence-corrected chi connectivity index (χ3v) is 8.32. The van der Waals surface area contributed by atoms with Crippen molar-refractivity contribution >= 4 is 27.6 Å². The molecule has 1 fully saturated rings. The highest BCUT2D eigenvalue weighted by molar-refractivity contribution is 7.91. The molecule has 0 atom stereocenters. The van der Waals surface area contributed by atoms with E-state index in [1.165, 1.54) is 33.4 Å². The molecule has 11 heteroatoms. The number of aryl methyl sites for hydroxylation is 2. The molecule has 10 nitrogen and oxygen atoms in total. The number of rotatable bonds is 7. The number of ether oxygens (including phenoxy) is 2. The van der Waals surface area contributed by atoms with Crippen molar-refractivity contribution in [1.29, 1.82) is 0 Å². The highest BCUT2D eigenvalue weighted by Crippen LogP contribution is 2.38. The number of fused-ring (bicyclic) bond motifs is 2. The second-order valence-corrected chi connectivity index (χ2v) is 10.6. The van der Waals surface area contributed by atoms with Gasteiger partial charge in [-0.05, 0) is 73.6 Å². The van der Waals surface area contributed by atoms with Crippen LogP contribution in [-0.2, 0) is 52.1 Å². The lowest BCUT2D eigenvalue weighted by molar-refractivity contribution is 0.0875. The van der Waals surface area contributed by atoms with Gasteiger partial charge < -0.3 is 14.8 Å². The summed E-state index contributed by atoms with van der Waals surface area (Å²) in [6.07, 6.45) is 10.0. The number of carbonyl (C=O) groups is 1. The van der Waals surface area contributed by atoms with E-state index in [9.17, 15) is 13.2 Å². The van der Waals surface area contributed by atoms with Crippen molar-refractivity contribution in [2.75, 3.05) is 29.9 Å². The van der Waals surface area contributed by atoms with Gasteiger partial charge in [0, 0.05) is 26.0 Å². The van der Waals surface area contributed by atoms with Gasteiger partial charge in [0.2, 0.25) is 0 Å². The maximum Gasteiger partial charge on any atom is 0.334 e. The van der Waals surface area contributed by atoms with Crippen LogP contribution in [0.2, 0.25) is 0 Å². The average molecular weight is 490 g/mol. The summed E-state index contributed by atoms with van der Waals surface area (Å²) in [5.74, 6) is 0. The smallest absolute Gasteiger partial charge is 0.334 e. The Balaban J connectivity index is 1.40. The highest BCUT2D eigenvalue weighted by Gasteiger charge is 2.34. The van der Waals surface area contributed by atoms with Crippen molar-refractivity contribution in [3.05, 3.63) is 40.7 Å². The van der Waals surface area contributed by atoms with E-state index in [0.29, 0.717) is 31.7 Å². The second kappa shape index (κ2) is 9.55. The van der Waals surface area contributed by atoms with E-state index in [1.807, 2.05) is 0 Å². The van der Waals surface area contributed by atoms with Crippen LogP contribution in [0.15, 0.2) is 18.5 Å². The maximum atomic E-state index is 13.5. The summed E-state index contributed by atoms with van der Waals surface area (Å²) in [6, 6.07) is 1.19. The summed E-state index contributed by atoms with van der Waals surface area (Å²) in [6.45, 7) is 1.11. The van der Waals surface area contributed by atoms with E-state index in [4.69, 9.17) is 9.47 Å². The van der Waals surface area contributed by atoms with Crippen molar-refractivity contribution < 1.29 is 22.7 Å². The molecule has 2 aromatic rings. The lowest BCUT2D eigenvalue weighted by Crippen LogP contribution is -2.51. The topological polar surface area (TPSA) is 115 Å². The first kappa shape index (κ1) is 23.1. The number of nitrogens with one attached hydrogen (secondary N) is 2. The summed E-state index contributed by atoms with van der Waals surface area (Å²) >= 11 is 0. The van der Waals surface area contributed by atoms with Gasteiger partial charge in [0.05, 0.1) is 24.1 Å². The fraction of sp³-hybridized carbons (Fsp3) is 0.565. The fourth-order valence-corrected chi connectivity index (χ4v) is 6.77. The maximum absolute atomic E-state index is 13.5. The van der Waals surface area contributed by atoms with E-state index >= 15 is 0 Å². The minimum Gasteiger partial charge on any atom is -0.381 e. The third kappa shape index (κ3) is 4.51. The number of anilines is 2. The van der Waals surface area contributed by atoms with Crippen LogP contribution in [-0.4, -0.2) is 50.6 Å². The molecule has 0 saturated carbocycles. The third-order valence-electron chi connectivity index (χ3n) is 6.85. The second-order valence-electron chi connectivity index (χ2n) is 9.09. The Kier molecular flexibility index (Phi) is 6.50. The van der Waals surface area contributed by atoms with Gasteiger partial charge in [0.15, 0.2) is 0 Å². The van der Waals surface area contributed by atoms with E-state index in [-0.39, 0.29) is 12.8 Å². The van der Waals surface area contributed by atoms with Gasteiger partial charge in [-0.25, -0.2) is 18.5 Å². The molecule has 1 aliphatic heterocycles. The number of benzene rings is 1. The standard InChI is InChI=1S/C23H31N5O5S/c1-32-15-27-14-19(13-24-27)28(18-8-10-33-11-9-18)34(30,31)26-23(29)25-22-20-6-2-4-16(20)12-17-5-3-7-21(17)22/h12-14,18H,2-11,15H2,1H3,(H2,25,26,29). The van der Waals surface area contributed by atoms with Crippen LogP contribution in [0.25, 0.3) is 0 Å². The first-order valence-electron chi connectivity index (χ1n) is 11.8. The zero-order valence-corrected chi connectivity index (χ0v) is 20.2. The van der Waals surface area contributed by atoms with Crippen LogP contribution in [0.5, 0.6) is 0 Å². The Morgan fingerprint density at radius 1 is 1.18 bits per heavy atom. The first-order valence-corrected chi connectivity index (χ1v) is 13.3. The molecule has 1 aromatic heterocycles. The zero-order valence-electron chi connectivity index (χ0n) is 19.4. The van der Waals surface area contributed by atoms with Gasteiger partial charge in [-0.2, -0.15) is 13.5 Å². The number of methoxy groups -OCH3 is 1. The molecule has 34 heavy (non-hydrogen) atoms. The molecule has 0 radical (unpaired) electrons. The molecule has 2 aliphatic carbocycles. The van der Waals surface area contributed by atoms with Gasteiger partial charge in [0.1, 0.15) is 6.73 Å². The summed E-state index contributed by atoms with van der Waals surface area (Å²) < 4.78 is 42.6. The summed E-state index contributed by atoms with van der Waals surface area (Å²) in [5, 5.41) is 7.10. The largest absolute Gasteiger partial charge is 0.381 e. The fourth-order valence-electron chi connectivity index (χ4n) is 5.41. The van der Waals surface area contributed by atoms with Crippen molar-refractivity contribution in [3.63, 3.8) is 0 Å². The lowest BCUT2D eigenvalue weighted by Gasteiger charge is -2.33. The van der Waals surface area contributed by atoms with Crippen molar-refractivity contribution in [2.24, 2.45) is 0 Å². The summed E-state index contributed by atoms with van der Waals surface area (Å²) in [4.78, 5) is 13.1. The number of hydrogen-bond donors (Lipinski definition) is 2. The molecule has 0 spiro atoms. The molecule has 2 heterocycles. The molecule has 2 N–H and O–H groups in total. The van der Waals surface area contributed by atoms with Gasteiger partial charge in [-0.15, -0.1) is 0 Å². The SMILES string of the molecule is COCn1cc(N(C2CCOCC2)S(=O)(=O)NC(=O)Nc2c3c(cc4c2CCC4)CCC3)cn1. The van der Waals surface area contributed by atoms with E-state index in [0.717, 1.165) is 55.3 Å². The van der Waals surface area contributed by atoms with Crippen LogP contribution in [0.3, 0.4) is 0 Å². The predicted molar refractivity (Wildman–Crippen MR) is 127 cm³/mol. The van der Waals surface area contributed by atoms with Gasteiger partial charge in [0.25, 0.3) is 0 Å². The van der Waals surface area contributed by atoms with Crippen LogP contribution in [0.4, 0.5) is 16.2 Å². The molecule has 5 rings (SSSR count). The Labute approximate surface area is 199 Å². The number of hydrogen-bond acceptors (Lipinski definition) is 6. The summed E-state index contributed by atoms with van der Waals surface area (Å²) in [5.41, 5.74) is 6.03. The highest BCUT2D eigenvalue weighted by atomic mass is 32.2. The molecule has 3 aliphatic rings. The lowest BCUT2D eigenvalue weighted by atomic mass is 9.99. The zero-order chi connectivity index (χ0) is 23.7. The van der Waals surface area contributed by atoms with E-state index in [1.54, 1.807) is 6.20 Å². The molecule has 1 aromatic carbocycles. The molecule has 184 valence electrons. The first-order chi connectivity index (χ1) is 16.5. The number of urea groups is 1. The Morgan fingerprint density at radius 2 is 1.85 bits per heavy atom. The van der Waals surface area contributed by atoms with Gasteiger partial charge in [-0.1, -0.05) is 6.07 Å². The van der Waals surface area contributed by atoms with E-state index in [2.05, 4.69) is 21.2 Å². The number of carbonyl (C=O) groups excluding carboxylic acids is 1. The van der Waals surface area contributed by atoms with Crippen LogP contribution < -0.4 is 14.3 Å². The van der Waals surface area contributed by atoms with Crippen molar-refractivity contribution in [2.45, 2.75) is 64.1 Å². The Morgan fingerprint density at radius 3 is 2.50 bits per heavy atom. The Hall–Kier alpha value is -2.63. The van der Waals surface area contributed by atoms with Crippen molar-refractivity contribution in [3.8, 4) is 0 Å². The minimum absolute atomic E-state index is 0.194. The van der Waals surface area contributed by atoms with Crippen LogP contribution >= 0.6 is 0 Å². The normalized spacial score (nSPS) is 17.9. The molecule has 1 saturated heterocycles. The average Bonchev–Trinajstić information content (AvgIpc) is 3.55. The van der Waals surface area contributed by atoms with Gasteiger partial charge in [-0.3, -0.25) is 0 Å². The predicted octanol–water partition coefficient (Wildman–Crippen LogP) is 2.52. The number of nitrogens with zero attached hydrogens (tertiary/aromatic N) is 3. The molecular formula is C23H31N5O5S. The summed E-state index contributed by atoms with van der Waals surface area (Å²) in [7, 11) is -2.66. The monoisotopic (exact) mass is 489 g/mol. The molecule has 2 amide bonds. The quantitative estimate of drug-likeness (QED) is 0.618. The van der Waals surface area contributed by atoms with E-state index < -0.39 is 16.2 Å².